The van der Waals surface area contributed by atoms with E-state index in [4.69, 9.17) is 9.47 Å². The molecule has 26 heavy (non-hydrogen) atoms. The van der Waals surface area contributed by atoms with Crippen molar-refractivity contribution in [1.29, 1.82) is 0 Å². The zero-order valence-electron chi connectivity index (χ0n) is 17.3. The molecule has 0 amide bonds. The Morgan fingerprint density at radius 2 is 1.38 bits per heavy atom. The third kappa shape index (κ3) is 8.25. The fraction of sp³-hybridized carbons (Fsp3) is 0.696. The molecule has 0 saturated heterocycles. The summed E-state index contributed by atoms with van der Waals surface area (Å²) in [6, 6.07) is 5.48. The van der Waals surface area contributed by atoms with Crippen molar-refractivity contribution >= 4 is 6.29 Å². The van der Waals surface area contributed by atoms with Gasteiger partial charge in [0.05, 0.1) is 13.2 Å². The summed E-state index contributed by atoms with van der Waals surface area (Å²) in [5, 5.41) is 0. The topological polar surface area (TPSA) is 35.5 Å². The van der Waals surface area contributed by atoms with Crippen LogP contribution in [0.25, 0.3) is 0 Å². The molecule has 0 fully saturated rings. The molecule has 2 unspecified atom stereocenters. The Hall–Kier alpha value is -1.51. The van der Waals surface area contributed by atoms with Crippen LogP contribution in [0, 0.1) is 11.8 Å². The monoisotopic (exact) mass is 362 g/mol. The minimum absolute atomic E-state index is 0.552. The summed E-state index contributed by atoms with van der Waals surface area (Å²) in [6.07, 6.45) is 10.4. The molecule has 0 N–H and O–H groups in total. The van der Waals surface area contributed by atoms with Gasteiger partial charge in [-0.05, 0) is 42.9 Å². The second kappa shape index (κ2) is 13.7. The zero-order valence-corrected chi connectivity index (χ0v) is 17.3. The molecule has 2 atom stereocenters. The fourth-order valence-corrected chi connectivity index (χ4v) is 3.04. The van der Waals surface area contributed by atoms with Crippen LogP contribution in [-0.4, -0.2) is 19.5 Å². The van der Waals surface area contributed by atoms with E-state index in [1.807, 2.05) is 12.1 Å². The molecule has 0 radical (unpaired) electrons. The lowest BCUT2D eigenvalue weighted by molar-refractivity contribution is 0.112. The van der Waals surface area contributed by atoms with Crippen LogP contribution >= 0.6 is 0 Å². The number of hydrogen-bond acceptors (Lipinski definition) is 3. The number of aldehydes is 1. The Bertz CT molecular complexity index is 498. The standard InChI is InChI=1S/C23H38O3/c1-5-9-11-19(7-3)17-25-22-14-13-21(16-24)15-23(22)26-18-20(8-4)12-10-6-2/h13-16,19-20H,5-12,17-18H2,1-4H3. The van der Waals surface area contributed by atoms with Gasteiger partial charge in [-0.25, -0.2) is 0 Å². The van der Waals surface area contributed by atoms with Crippen LogP contribution < -0.4 is 9.47 Å². The average Bonchev–Trinajstić information content (AvgIpc) is 2.68. The highest BCUT2D eigenvalue weighted by molar-refractivity contribution is 5.76. The first-order valence-corrected chi connectivity index (χ1v) is 10.5. The highest BCUT2D eigenvalue weighted by Gasteiger charge is 2.13. The molecule has 3 nitrogen and oxygen atoms in total. The van der Waals surface area contributed by atoms with Crippen molar-refractivity contribution in [3.63, 3.8) is 0 Å². The second-order valence-electron chi connectivity index (χ2n) is 7.28. The number of carbonyl (C=O) groups excluding carboxylic acids is 1. The summed E-state index contributed by atoms with van der Waals surface area (Å²) in [6.45, 7) is 10.3. The molecule has 0 aromatic heterocycles. The molecule has 3 heteroatoms. The van der Waals surface area contributed by atoms with Gasteiger partial charge in [0.1, 0.15) is 6.29 Å². The van der Waals surface area contributed by atoms with E-state index in [2.05, 4.69) is 27.7 Å². The number of benzene rings is 1. The first-order chi connectivity index (χ1) is 12.7. The van der Waals surface area contributed by atoms with Crippen LogP contribution in [0.3, 0.4) is 0 Å². The van der Waals surface area contributed by atoms with Crippen molar-refractivity contribution in [3.8, 4) is 11.5 Å². The number of carbonyl (C=O) groups is 1. The Kier molecular flexibility index (Phi) is 11.8. The van der Waals surface area contributed by atoms with E-state index in [1.165, 1.54) is 38.5 Å². The molecular weight excluding hydrogens is 324 g/mol. The summed E-state index contributed by atoms with van der Waals surface area (Å²) >= 11 is 0. The number of hydrogen-bond donors (Lipinski definition) is 0. The van der Waals surface area contributed by atoms with Crippen LogP contribution in [0.4, 0.5) is 0 Å². The Balaban J connectivity index is 2.73. The van der Waals surface area contributed by atoms with Gasteiger partial charge in [-0.1, -0.05) is 66.2 Å². The normalized spacial score (nSPS) is 13.2. The lowest BCUT2D eigenvalue weighted by Gasteiger charge is -2.20. The molecular formula is C23H38O3. The van der Waals surface area contributed by atoms with Crippen molar-refractivity contribution < 1.29 is 14.3 Å². The van der Waals surface area contributed by atoms with Gasteiger partial charge in [0.2, 0.25) is 0 Å². The highest BCUT2D eigenvalue weighted by Crippen LogP contribution is 2.30. The van der Waals surface area contributed by atoms with E-state index in [0.29, 0.717) is 36.4 Å². The van der Waals surface area contributed by atoms with E-state index < -0.39 is 0 Å². The Morgan fingerprint density at radius 1 is 0.846 bits per heavy atom. The van der Waals surface area contributed by atoms with Crippen molar-refractivity contribution in [1.82, 2.24) is 0 Å². The van der Waals surface area contributed by atoms with Gasteiger partial charge in [0, 0.05) is 5.56 Å². The van der Waals surface area contributed by atoms with Gasteiger partial charge in [-0.2, -0.15) is 0 Å². The summed E-state index contributed by atoms with van der Waals surface area (Å²) in [4.78, 5) is 11.1. The van der Waals surface area contributed by atoms with Crippen LogP contribution in [-0.2, 0) is 0 Å². The van der Waals surface area contributed by atoms with Gasteiger partial charge < -0.3 is 9.47 Å². The van der Waals surface area contributed by atoms with E-state index in [9.17, 15) is 4.79 Å². The Labute approximate surface area is 160 Å². The third-order valence-electron chi connectivity index (χ3n) is 5.14. The van der Waals surface area contributed by atoms with Crippen LogP contribution in [0.5, 0.6) is 11.5 Å². The van der Waals surface area contributed by atoms with Crippen LogP contribution in [0.1, 0.15) is 89.4 Å². The van der Waals surface area contributed by atoms with E-state index in [0.717, 1.165) is 24.9 Å². The number of ether oxygens (including phenoxy) is 2. The van der Waals surface area contributed by atoms with Gasteiger partial charge in [0.25, 0.3) is 0 Å². The molecule has 0 aliphatic rings. The molecule has 0 spiro atoms. The molecule has 0 aliphatic carbocycles. The van der Waals surface area contributed by atoms with Crippen LogP contribution in [0.15, 0.2) is 18.2 Å². The van der Waals surface area contributed by atoms with E-state index in [1.54, 1.807) is 6.07 Å². The first kappa shape index (κ1) is 22.5. The molecule has 0 aliphatic heterocycles. The van der Waals surface area contributed by atoms with Crippen molar-refractivity contribution in [2.75, 3.05) is 13.2 Å². The van der Waals surface area contributed by atoms with Gasteiger partial charge >= 0.3 is 0 Å². The summed E-state index contributed by atoms with van der Waals surface area (Å²) < 4.78 is 12.2. The predicted octanol–water partition coefficient (Wildman–Crippen LogP) is 6.69. The zero-order chi connectivity index (χ0) is 19.2. The lowest BCUT2D eigenvalue weighted by Crippen LogP contribution is -2.14. The summed E-state index contributed by atoms with van der Waals surface area (Å²) in [5.74, 6) is 2.59. The van der Waals surface area contributed by atoms with Gasteiger partial charge in [0.15, 0.2) is 11.5 Å². The second-order valence-corrected chi connectivity index (χ2v) is 7.28. The quantitative estimate of drug-likeness (QED) is 0.326. The minimum Gasteiger partial charge on any atom is -0.489 e. The van der Waals surface area contributed by atoms with Crippen molar-refractivity contribution in [2.45, 2.75) is 79.1 Å². The summed E-state index contributed by atoms with van der Waals surface area (Å²) in [7, 11) is 0. The average molecular weight is 363 g/mol. The maximum atomic E-state index is 11.1. The van der Waals surface area contributed by atoms with Gasteiger partial charge in [-0.15, -0.1) is 0 Å². The van der Waals surface area contributed by atoms with Crippen molar-refractivity contribution in [2.24, 2.45) is 11.8 Å². The third-order valence-corrected chi connectivity index (χ3v) is 5.14. The molecule has 0 saturated carbocycles. The smallest absolute Gasteiger partial charge is 0.161 e. The molecule has 1 aromatic carbocycles. The first-order valence-electron chi connectivity index (χ1n) is 10.5. The minimum atomic E-state index is 0.552. The molecule has 1 rings (SSSR count). The van der Waals surface area contributed by atoms with E-state index >= 15 is 0 Å². The maximum absolute atomic E-state index is 11.1. The summed E-state index contributed by atoms with van der Waals surface area (Å²) in [5.41, 5.74) is 0.631. The largest absolute Gasteiger partial charge is 0.489 e. The SMILES string of the molecule is CCCCC(CC)COc1ccc(C=O)cc1OCC(CC)CCCC. The number of unbranched alkanes of at least 4 members (excludes halogenated alkanes) is 2. The molecule has 1 aromatic rings. The predicted molar refractivity (Wildman–Crippen MR) is 109 cm³/mol. The molecule has 148 valence electrons. The van der Waals surface area contributed by atoms with Gasteiger partial charge in [-0.3, -0.25) is 4.79 Å². The number of rotatable bonds is 15. The fourth-order valence-electron chi connectivity index (χ4n) is 3.04. The molecule has 0 heterocycles. The van der Waals surface area contributed by atoms with Crippen LogP contribution in [0.2, 0.25) is 0 Å². The van der Waals surface area contributed by atoms with E-state index in [-0.39, 0.29) is 0 Å². The highest BCUT2D eigenvalue weighted by atomic mass is 16.5. The Morgan fingerprint density at radius 3 is 1.85 bits per heavy atom. The maximum Gasteiger partial charge on any atom is 0.161 e. The molecule has 0 bridgehead atoms. The lowest BCUT2D eigenvalue weighted by atomic mass is 10.0. The van der Waals surface area contributed by atoms with Crippen molar-refractivity contribution in [3.05, 3.63) is 23.8 Å².